The van der Waals surface area contributed by atoms with Crippen LogP contribution in [0.4, 0.5) is 5.95 Å². The molecule has 1 aliphatic heterocycles. The average Bonchev–Trinajstić information content (AvgIpc) is 2.29. The van der Waals surface area contributed by atoms with Gasteiger partial charge >= 0.3 is 0 Å². The van der Waals surface area contributed by atoms with Gasteiger partial charge in [0.15, 0.2) is 0 Å². The van der Waals surface area contributed by atoms with Crippen LogP contribution in [0.25, 0.3) is 0 Å². The fraction of sp³-hybridized carbons (Fsp3) is 0.600. The Kier molecular flexibility index (Phi) is 3.30. The number of H-pyrrole nitrogens is 1. The summed E-state index contributed by atoms with van der Waals surface area (Å²) in [5.41, 5.74) is 0.821. The number of rotatable bonds is 2. The largest absolute Gasteiger partial charge is 0.341 e. The number of anilines is 1. The maximum Gasteiger partial charge on any atom is 0.252 e. The number of aromatic nitrogens is 2. The highest BCUT2D eigenvalue weighted by atomic mass is 32.2. The topological polar surface area (TPSA) is 49.0 Å². The zero-order valence-corrected chi connectivity index (χ0v) is 9.64. The van der Waals surface area contributed by atoms with E-state index in [0.29, 0.717) is 0 Å². The molecule has 0 radical (unpaired) electrons. The summed E-state index contributed by atoms with van der Waals surface area (Å²) in [6, 6.07) is 1.57. The standard InChI is InChI=1S/C10H15N3OS/c1-2-8-7-9(14)12-10(11-8)13-3-5-15-6-4-13/h7H,2-6H2,1H3,(H,11,12,14). The Morgan fingerprint density at radius 3 is 2.93 bits per heavy atom. The molecule has 0 amide bonds. The van der Waals surface area contributed by atoms with E-state index >= 15 is 0 Å². The molecule has 1 aromatic rings. The van der Waals surface area contributed by atoms with Crippen molar-refractivity contribution in [3.63, 3.8) is 0 Å². The van der Waals surface area contributed by atoms with Gasteiger partial charge in [0.1, 0.15) is 0 Å². The van der Waals surface area contributed by atoms with E-state index in [1.54, 1.807) is 6.07 Å². The molecule has 5 heteroatoms. The smallest absolute Gasteiger partial charge is 0.252 e. The van der Waals surface area contributed by atoms with Gasteiger partial charge in [0, 0.05) is 36.4 Å². The van der Waals surface area contributed by atoms with E-state index in [4.69, 9.17) is 0 Å². The Morgan fingerprint density at radius 1 is 1.53 bits per heavy atom. The number of nitrogens with one attached hydrogen (secondary N) is 1. The molecule has 1 aromatic heterocycles. The van der Waals surface area contributed by atoms with E-state index in [2.05, 4.69) is 14.9 Å². The molecule has 15 heavy (non-hydrogen) atoms. The molecule has 1 fully saturated rings. The quantitative estimate of drug-likeness (QED) is 0.812. The fourth-order valence-corrected chi connectivity index (χ4v) is 2.50. The summed E-state index contributed by atoms with van der Waals surface area (Å²) in [6.07, 6.45) is 0.805. The summed E-state index contributed by atoms with van der Waals surface area (Å²) in [6.45, 7) is 3.96. The highest BCUT2D eigenvalue weighted by Crippen LogP contribution is 2.14. The van der Waals surface area contributed by atoms with Crippen LogP contribution in [0.2, 0.25) is 0 Å². The van der Waals surface area contributed by atoms with Crippen molar-refractivity contribution in [3.05, 3.63) is 22.1 Å². The van der Waals surface area contributed by atoms with Gasteiger partial charge in [-0.25, -0.2) is 4.98 Å². The highest BCUT2D eigenvalue weighted by molar-refractivity contribution is 7.99. The first-order valence-electron chi connectivity index (χ1n) is 5.22. The van der Waals surface area contributed by atoms with Crippen LogP contribution in [0.3, 0.4) is 0 Å². The Labute approximate surface area is 93.1 Å². The Balaban J connectivity index is 2.26. The normalized spacial score (nSPS) is 16.7. The van der Waals surface area contributed by atoms with Gasteiger partial charge < -0.3 is 4.90 Å². The molecule has 1 saturated heterocycles. The molecule has 1 N–H and O–H groups in total. The SMILES string of the molecule is CCc1cc(=O)[nH]c(N2CCSCC2)n1. The number of thioether (sulfide) groups is 1. The van der Waals surface area contributed by atoms with Gasteiger partial charge in [0.2, 0.25) is 5.95 Å². The minimum Gasteiger partial charge on any atom is -0.341 e. The van der Waals surface area contributed by atoms with Crippen molar-refractivity contribution in [1.82, 2.24) is 9.97 Å². The molecule has 2 heterocycles. The summed E-state index contributed by atoms with van der Waals surface area (Å²) in [7, 11) is 0. The Morgan fingerprint density at radius 2 is 2.27 bits per heavy atom. The van der Waals surface area contributed by atoms with Crippen LogP contribution in [-0.2, 0) is 6.42 Å². The maximum atomic E-state index is 11.4. The van der Waals surface area contributed by atoms with Gasteiger partial charge in [0.25, 0.3) is 5.56 Å². The monoisotopic (exact) mass is 225 g/mol. The molecule has 0 aromatic carbocycles. The lowest BCUT2D eigenvalue weighted by atomic mass is 10.3. The summed E-state index contributed by atoms with van der Waals surface area (Å²) in [4.78, 5) is 20.8. The zero-order chi connectivity index (χ0) is 10.7. The summed E-state index contributed by atoms with van der Waals surface area (Å²) >= 11 is 1.95. The Bertz CT molecular complexity index is 384. The highest BCUT2D eigenvalue weighted by Gasteiger charge is 2.13. The molecule has 4 nitrogen and oxygen atoms in total. The summed E-state index contributed by atoms with van der Waals surface area (Å²) in [5.74, 6) is 2.96. The van der Waals surface area contributed by atoms with E-state index in [9.17, 15) is 4.79 Å². The van der Waals surface area contributed by atoms with E-state index in [0.717, 1.165) is 42.7 Å². The predicted molar refractivity (Wildman–Crippen MR) is 63.8 cm³/mol. The van der Waals surface area contributed by atoms with Crippen molar-refractivity contribution in [2.75, 3.05) is 29.5 Å². The van der Waals surface area contributed by atoms with Gasteiger partial charge in [-0.05, 0) is 6.42 Å². The van der Waals surface area contributed by atoms with E-state index in [1.807, 2.05) is 18.7 Å². The second-order valence-corrected chi connectivity index (χ2v) is 4.74. The molecule has 0 aliphatic carbocycles. The summed E-state index contributed by atoms with van der Waals surface area (Å²) < 4.78 is 0. The maximum absolute atomic E-state index is 11.4. The van der Waals surface area contributed by atoms with Crippen molar-refractivity contribution in [1.29, 1.82) is 0 Å². The van der Waals surface area contributed by atoms with Crippen LogP contribution in [0.15, 0.2) is 10.9 Å². The minimum absolute atomic E-state index is 0.0462. The van der Waals surface area contributed by atoms with Crippen LogP contribution < -0.4 is 10.5 Å². The van der Waals surface area contributed by atoms with Crippen molar-refractivity contribution in [2.24, 2.45) is 0 Å². The third kappa shape index (κ3) is 2.53. The molecule has 82 valence electrons. The number of hydrogen-bond donors (Lipinski definition) is 1. The van der Waals surface area contributed by atoms with Gasteiger partial charge in [-0.15, -0.1) is 0 Å². The van der Waals surface area contributed by atoms with Gasteiger partial charge in [-0.2, -0.15) is 11.8 Å². The second-order valence-electron chi connectivity index (χ2n) is 3.51. The van der Waals surface area contributed by atoms with Crippen LogP contribution in [0.5, 0.6) is 0 Å². The van der Waals surface area contributed by atoms with Crippen LogP contribution in [-0.4, -0.2) is 34.6 Å². The third-order valence-electron chi connectivity index (χ3n) is 2.46. The van der Waals surface area contributed by atoms with Crippen LogP contribution in [0.1, 0.15) is 12.6 Å². The molecule has 0 atom stereocenters. The number of aromatic amines is 1. The molecule has 0 unspecified atom stereocenters. The van der Waals surface area contributed by atoms with Crippen molar-refractivity contribution >= 4 is 17.7 Å². The van der Waals surface area contributed by atoms with Gasteiger partial charge in [0.05, 0.1) is 0 Å². The number of nitrogens with zero attached hydrogens (tertiary/aromatic N) is 2. The second kappa shape index (κ2) is 4.70. The third-order valence-corrected chi connectivity index (χ3v) is 3.40. The van der Waals surface area contributed by atoms with Crippen LogP contribution in [0, 0.1) is 0 Å². The van der Waals surface area contributed by atoms with Crippen LogP contribution >= 0.6 is 11.8 Å². The van der Waals surface area contributed by atoms with E-state index in [-0.39, 0.29) is 5.56 Å². The van der Waals surface area contributed by atoms with Crippen molar-refractivity contribution in [2.45, 2.75) is 13.3 Å². The number of aryl methyl sites for hydroxylation is 1. The first kappa shape index (κ1) is 10.5. The molecular formula is C10H15N3OS. The first-order chi connectivity index (χ1) is 7.29. The summed E-state index contributed by atoms with van der Waals surface area (Å²) in [5, 5.41) is 0. The first-order valence-corrected chi connectivity index (χ1v) is 6.38. The fourth-order valence-electron chi connectivity index (χ4n) is 1.60. The van der Waals surface area contributed by atoms with Gasteiger partial charge in [-0.3, -0.25) is 9.78 Å². The Hall–Kier alpha value is -0.970. The average molecular weight is 225 g/mol. The molecular weight excluding hydrogens is 210 g/mol. The molecule has 0 saturated carbocycles. The molecule has 1 aliphatic rings. The number of hydrogen-bond acceptors (Lipinski definition) is 4. The zero-order valence-electron chi connectivity index (χ0n) is 8.82. The minimum atomic E-state index is -0.0462. The van der Waals surface area contributed by atoms with E-state index < -0.39 is 0 Å². The lowest BCUT2D eigenvalue weighted by molar-refractivity contribution is 0.799. The molecule has 0 spiro atoms. The molecule has 0 bridgehead atoms. The van der Waals surface area contributed by atoms with Crippen molar-refractivity contribution in [3.8, 4) is 0 Å². The molecule has 2 rings (SSSR count). The lowest BCUT2D eigenvalue weighted by Crippen LogP contribution is -2.35. The van der Waals surface area contributed by atoms with Crippen molar-refractivity contribution < 1.29 is 0 Å². The predicted octanol–water partition coefficient (Wildman–Crippen LogP) is 0.885. The van der Waals surface area contributed by atoms with E-state index in [1.165, 1.54) is 0 Å². The van der Waals surface area contributed by atoms with Gasteiger partial charge in [-0.1, -0.05) is 6.92 Å². The lowest BCUT2D eigenvalue weighted by Gasteiger charge is -2.26.